The number of rotatable bonds is 6. The molecule has 1 nitrogen and oxygen atoms in total. The Kier molecular flexibility index (Phi) is 6.22. The Morgan fingerprint density at radius 3 is 2.20 bits per heavy atom. The molecule has 2 aromatic carbocycles. The third-order valence-corrected chi connectivity index (χ3v) is 5.48. The average Bonchev–Trinajstić information content (AvgIpc) is 2.50. The molecule has 0 spiro atoms. The van der Waals surface area contributed by atoms with Crippen LogP contribution < -0.4 is 0 Å². The molecule has 0 radical (unpaired) electrons. The van der Waals surface area contributed by atoms with Gasteiger partial charge in [-0.05, 0) is 24.1 Å². The molecular formula is C17H18OS2. The number of hydrogen-bond acceptors (Lipinski definition) is 3. The zero-order valence-corrected chi connectivity index (χ0v) is 13.1. The molecule has 1 atom stereocenters. The fourth-order valence-corrected chi connectivity index (χ4v) is 3.92. The van der Waals surface area contributed by atoms with Gasteiger partial charge in [0.2, 0.25) is 5.12 Å². The number of carbonyl (C=O) groups is 1. The van der Waals surface area contributed by atoms with Gasteiger partial charge < -0.3 is 0 Å². The van der Waals surface area contributed by atoms with Gasteiger partial charge in [-0.15, -0.1) is 11.8 Å². The lowest BCUT2D eigenvalue weighted by Gasteiger charge is -2.12. The lowest BCUT2D eigenvalue weighted by molar-refractivity contribution is -0.110. The van der Waals surface area contributed by atoms with Crippen LogP contribution in [0.4, 0.5) is 0 Å². The molecule has 104 valence electrons. The van der Waals surface area contributed by atoms with Crippen molar-refractivity contribution in [2.45, 2.75) is 29.2 Å². The summed E-state index contributed by atoms with van der Waals surface area (Å²) < 4.78 is 0. The standard InChI is InChI=1S/C17H18OS2/c1-2-16(19-13-14-9-5-3-6-10-14)17(18)20-15-11-7-4-8-12-15/h3-12,16H,2,13H2,1H3. The Morgan fingerprint density at radius 2 is 1.60 bits per heavy atom. The van der Waals surface area contributed by atoms with Gasteiger partial charge in [0.1, 0.15) is 0 Å². The number of hydrogen-bond donors (Lipinski definition) is 0. The molecule has 0 amide bonds. The van der Waals surface area contributed by atoms with Crippen molar-refractivity contribution in [2.24, 2.45) is 0 Å². The summed E-state index contributed by atoms with van der Waals surface area (Å²) in [6.07, 6.45) is 0.871. The first kappa shape index (κ1) is 15.2. The van der Waals surface area contributed by atoms with E-state index in [0.29, 0.717) is 0 Å². The molecule has 0 aliphatic heterocycles. The molecule has 0 aliphatic rings. The molecule has 20 heavy (non-hydrogen) atoms. The van der Waals surface area contributed by atoms with Crippen LogP contribution in [0.3, 0.4) is 0 Å². The van der Waals surface area contributed by atoms with Crippen molar-refractivity contribution in [2.75, 3.05) is 0 Å². The van der Waals surface area contributed by atoms with Crippen LogP contribution in [0, 0.1) is 0 Å². The lowest BCUT2D eigenvalue weighted by atomic mass is 10.2. The maximum absolute atomic E-state index is 12.3. The lowest BCUT2D eigenvalue weighted by Crippen LogP contribution is -2.12. The molecule has 0 saturated carbocycles. The van der Waals surface area contributed by atoms with Gasteiger partial charge in [-0.2, -0.15) is 0 Å². The fourth-order valence-electron chi connectivity index (χ4n) is 1.79. The van der Waals surface area contributed by atoms with Crippen molar-refractivity contribution in [3.8, 4) is 0 Å². The Labute approximate surface area is 129 Å². The molecule has 0 heterocycles. The van der Waals surface area contributed by atoms with Gasteiger partial charge in [-0.25, -0.2) is 0 Å². The zero-order valence-electron chi connectivity index (χ0n) is 11.5. The maximum Gasteiger partial charge on any atom is 0.206 e. The Hall–Kier alpha value is -1.19. The second kappa shape index (κ2) is 8.18. The topological polar surface area (TPSA) is 17.1 Å². The minimum atomic E-state index is 0.0559. The molecule has 0 N–H and O–H groups in total. The van der Waals surface area contributed by atoms with Crippen LogP contribution in [0.2, 0.25) is 0 Å². The van der Waals surface area contributed by atoms with E-state index in [-0.39, 0.29) is 10.4 Å². The summed E-state index contributed by atoms with van der Waals surface area (Å²) in [4.78, 5) is 13.3. The van der Waals surface area contributed by atoms with Crippen LogP contribution in [0.5, 0.6) is 0 Å². The molecule has 0 saturated heterocycles. The zero-order chi connectivity index (χ0) is 14.2. The maximum atomic E-state index is 12.3. The van der Waals surface area contributed by atoms with Gasteiger partial charge in [-0.3, -0.25) is 4.79 Å². The van der Waals surface area contributed by atoms with E-state index in [1.807, 2.05) is 48.5 Å². The first-order chi connectivity index (χ1) is 9.79. The Balaban J connectivity index is 1.89. The summed E-state index contributed by atoms with van der Waals surface area (Å²) in [6.45, 7) is 2.08. The molecule has 0 bridgehead atoms. The molecule has 2 aromatic rings. The minimum absolute atomic E-state index is 0.0559. The second-order valence-electron chi connectivity index (χ2n) is 4.43. The highest BCUT2D eigenvalue weighted by Crippen LogP contribution is 2.28. The van der Waals surface area contributed by atoms with Gasteiger partial charge >= 0.3 is 0 Å². The molecule has 0 aliphatic carbocycles. The van der Waals surface area contributed by atoms with E-state index in [1.165, 1.54) is 17.3 Å². The van der Waals surface area contributed by atoms with Crippen LogP contribution in [-0.2, 0) is 10.5 Å². The fraction of sp³-hybridized carbons (Fsp3) is 0.235. The van der Waals surface area contributed by atoms with Gasteiger partial charge in [-0.1, -0.05) is 67.2 Å². The third-order valence-electron chi connectivity index (χ3n) is 2.89. The van der Waals surface area contributed by atoms with Crippen LogP contribution in [0.25, 0.3) is 0 Å². The van der Waals surface area contributed by atoms with E-state index >= 15 is 0 Å². The van der Waals surface area contributed by atoms with Crippen molar-refractivity contribution < 1.29 is 4.79 Å². The normalized spacial score (nSPS) is 12.1. The summed E-state index contributed by atoms with van der Waals surface area (Å²) >= 11 is 3.08. The smallest absolute Gasteiger partial charge is 0.206 e. The van der Waals surface area contributed by atoms with E-state index in [4.69, 9.17) is 0 Å². The number of benzene rings is 2. The van der Waals surface area contributed by atoms with Crippen molar-refractivity contribution in [1.82, 2.24) is 0 Å². The summed E-state index contributed by atoms with van der Waals surface area (Å²) in [5, 5.41) is 0.306. The Morgan fingerprint density at radius 1 is 1.00 bits per heavy atom. The molecule has 3 heteroatoms. The van der Waals surface area contributed by atoms with Gasteiger partial charge in [0.15, 0.2) is 0 Å². The first-order valence-electron chi connectivity index (χ1n) is 6.72. The second-order valence-corrected chi connectivity index (χ2v) is 6.70. The summed E-state index contributed by atoms with van der Waals surface area (Å²) in [5.74, 6) is 0.889. The predicted molar refractivity (Wildman–Crippen MR) is 89.1 cm³/mol. The van der Waals surface area contributed by atoms with Crippen molar-refractivity contribution in [1.29, 1.82) is 0 Å². The largest absolute Gasteiger partial charge is 0.286 e. The van der Waals surface area contributed by atoms with E-state index in [2.05, 4.69) is 19.1 Å². The molecule has 0 aromatic heterocycles. The molecular weight excluding hydrogens is 284 g/mol. The quantitative estimate of drug-likeness (QED) is 0.698. The number of thioether (sulfide) groups is 2. The SMILES string of the molecule is CCC(SCc1ccccc1)C(=O)Sc1ccccc1. The van der Waals surface area contributed by atoms with Crippen molar-refractivity contribution in [3.05, 3.63) is 66.2 Å². The molecule has 2 rings (SSSR count). The Bertz CT molecular complexity index is 525. The summed E-state index contributed by atoms with van der Waals surface area (Å²) in [6, 6.07) is 20.2. The van der Waals surface area contributed by atoms with Crippen molar-refractivity contribution in [3.63, 3.8) is 0 Å². The van der Waals surface area contributed by atoms with Gasteiger partial charge in [0.05, 0.1) is 5.25 Å². The van der Waals surface area contributed by atoms with Crippen LogP contribution in [0.1, 0.15) is 18.9 Å². The minimum Gasteiger partial charge on any atom is -0.286 e. The first-order valence-corrected chi connectivity index (χ1v) is 8.58. The highest BCUT2D eigenvalue weighted by atomic mass is 32.2. The summed E-state index contributed by atoms with van der Waals surface area (Å²) in [5.41, 5.74) is 1.27. The number of carbonyl (C=O) groups excluding carboxylic acids is 1. The average molecular weight is 302 g/mol. The molecule has 0 fully saturated rings. The van der Waals surface area contributed by atoms with E-state index < -0.39 is 0 Å². The third kappa shape index (κ3) is 4.73. The van der Waals surface area contributed by atoms with Crippen LogP contribution in [-0.4, -0.2) is 10.4 Å². The highest BCUT2D eigenvalue weighted by Gasteiger charge is 2.18. The highest BCUT2D eigenvalue weighted by molar-refractivity contribution is 8.16. The van der Waals surface area contributed by atoms with Crippen molar-refractivity contribution >= 4 is 28.6 Å². The van der Waals surface area contributed by atoms with E-state index in [0.717, 1.165) is 17.1 Å². The van der Waals surface area contributed by atoms with Gasteiger partial charge in [0, 0.05) is 10.6 Å². The van der Waals surface area contributed by atoms with Crippen LogP contribution in [0.15, 0.2) is 65.6 Å². The van der Waals surface area contributed by atoms with Gasteiger partial charge in [0.25, 0.3) is 0 Å². The predicted octanol–water partition coefficient (Wildman–Crippen LogP) is 5.02. The monoisotopic (exact) mass is 302 g/mol. The van der Waals surface area contributed by atoms with E-state index in [1.54, 1.807) is 11.8 Å². The van der Waals surface area contributed by atoms with E-state index in [9.17, 15) is 4.79 Å². The summed E-state index contributed by atoms with van der Waals surface area (Å²) in [7, 11) is 0. The molecule has 1 unspecified atom stereocenters. The van der Waals surface area contributed by atoms with Crippen LogP contribution >= 0.6 is 23.5 Å².